The monoisotopic (exact) mass is 370 g/mol. The van der Waals surface area contributed by atoms with Gasteiger partial charge in [0.05, 0.1) is 18.7 Å². The van der Waals surface area contributed by atoms with Gasteiger partial charge in [-0.3, -0.25) is 14.2 Å². The highest BCUT2D eigenvalue weighted by molar-refractivity contribution is 6.01. The number of carbonyl (C=O) groups excluding carboxylic acids is 1. The third-order valence-electron chi connectivity index (χ3n) is 4.51. The van der Waals surface area contributed by atoms with Gasteiger partial charge in [0.2, 0.25) is 11.7 Å². The molecular weight excluding hydrogens is 348 g/mol. The van der Waals surface area contributed by atoms with Crippen LogP contribution in [0.25, 0.3) is 0 Å². The summed E-state index contributed by atoms with van der Waals surface area (Å²) in [6.07, 6.45) is 0. The van der Waals surface area contributed by atoms with Gasteiger partial charge in [-0.15, -0.1) is 0 Å². The zero-order chi connectivity index (χ0) is 20.1. The van der Waals surface area contributed by atoms with Crippen LogP contribution in [-0.2, 0) is 11.3 Å². The van der Waals surface area contributed by atoms with Crippen molar-refractivity contribution in [3.05, 3.63) is 56.4 Å². The average Bonchev–Trinajstić information content (AvgIpc) is 2.63. The van der Waals surface area contributed by atoms with Crippen molar-refractivity contribution < 1.29 is 19.4 Å². The molecule has 7 heteroatoms. The van der Waals surface area contributed by atoms with E-state index in [1.807, 2.05) is 32.0 Å². The number of carbonyl (C=O) groups is 1. The van der Waals surface area contributed by atoms with Crippen LogP contribution < -0.4 is 10.3 Å². The van der Waals surface area contributed by atoms with E-state index in [-0.39, 0.29) is 36.4 Å². The van der Waals surface area contributed by atoms with Gasteiger partial charge in [0.15, 0.2) is 6.61 Å². The number of methoxy groups -OCH3 is 1. The molecule has 0 bridgehead atoms. The van der Waals surface area contributed by atoms with Crippen molar-refractivity contribution in [3.8, 4) is 17.7 Å². The second kappa shape index (κ2) is 8.52. The Hall–Kier alpha value is -3.11. The number of ketones is 1. The highest BCUT2D eigenvalue weighted by Crippen LogP contribution is 2.24. The molecule has 7 nitrogen and oxygen atoms in total. The molecule has 1 aromatic heterocycles. The third-order valence-corrected chi connectivity index (χ3v) is 4.51. The Morgan fingerprint density at radius 1 is 1.26 bits per heavy atom. The van der Waals surface area contributed by atoms with E-state index in [2.05, 4.69) is 0 Å². The van der Waals surface area contributed by atoms with Gasteiger partial charge in [0.25, 0.3) is 5.56 Å². The van der Waals surface area contributed by atoms with E-state index in [0.717, 1.165) is 15.7 Å². The molecule has 0 spiro atoms. The predicted molar refractivity (Wildman–Crippen MR) is 99.4 cm³/mol. The number of ether oxygens (including phenoxy) is 2. The standard InChI is InChI=1S/C20H22N2O5/c1-12-6-5-7-17(13(12)2)27-11-16(23)18-14(3)15(10-21)19(24)22(20(18)25)8-9-26-4/h5-7,25H,8-9,11H2,1-4H3. The SMILES string of the molecule is COCCn1c(O)c(C(=O)COc2cccc(C)c2C)c(C)c(C#N)c1=O. The second-order valence-electron chi connectivity index (χ2n) is 6.17. The van der Waals surface area contributed by atoms with E-state index < -0.39 is 17.2 Å². The first-order chi connectivity index (χ1) is 12.8. The fourth-order valence-corrected chi connectivity index (χ4v) is 2.77. The van der Waals surface area contributed by atoms with Crippen LogP contribution in [0, 0.1) is 32.1 Å². The number of aromatic hydroxyl groups is 1. The molecule has 2 aromatic rings. The fourth-order valence-electron chi connectivity index (χ4n) is 2.77. The molecule has 0 saturated carbocycles. The molecule has 0 radical (unpaired) electrons. The van der Waals surface area contributed by atoms with Crippen LogP contribution in [0.1, 0.15) is 32.6 Å². The summed E-state index contributed by atoms with van der Waals surface area (Å²) < 4.78 is 11.5. The Labute approximate surface area is 157 Å². The lowest BCUT2D eigenvalue weighted by atomic mass is 10.0. The summed E-state index contributed by atoms with van der Waals surface area (Å²) in [5.74, 6) is -0.439. The van der Waals surface area contributed by atoms with Gasteiger partial charge in [-0.05, 0) is 43.5 Å². The molecule has 0 fully saturated rings. The third kappa shape index (κ3) is 4.01. The first kappa shape index (κ1) is 20.2. The molecule has 0 unspecified atom stereocenters. The lowest BCUT2D eigenvalue weighted by Crippen LogP contribution is -2.29. The summed E-state index contributed by atoms with van der Waals surface area (Å²) >= 11 is 0. The van der Waals surface area contributed by atoms with Crippen LogP contribution in [0.2, 0.25) is 0 Å². The molecule has 1 aromatic carbocycles. The van der Waals surface area contributed by atoms with Crippen LogP contribution in [-0.4, -0.2) is 35.8 Å². The van der Waals surface area contributed by atoms with Gasteiger partial charge in [-0.25, -0.2) is 0 Å². The fraction of sp³-hybridized carbons (Fsp3) is 0.350. The van der Waals surface area contributed by atoms with Crippen LogP contribution in [0.5, 0.6) is 11.6 Å². The average molecular weight is 370 g/mol. The lowest BCUT2D eigenvalue weighted by molar-refractivity contribution is 0.0915. The van der Waals surface area contributed by atoms with Crippen molar-refractivity contribution in [2.24, 2.45) is 0 Å². The molecule has 0 saturated heterocycles. The van der Waals surface area contributed by atoms with Gasteiger partial charge in [-0.2, -0.15) is 5.26 Å². The van der Waals surface area contributed by atoms with Crippen LogP contribution in [0.15, 0.2) is 23.0 Å². The molecule has 142 valence electrons. The number of nitrogens with zero attached hydrogens (tertiary/aromatic N) is 2. The maximum atomic E-state index is 12.7. The Morgan fingerprint density at radius 2 is 1.96 bits per heavy atom. The summed E-state index contributed by atoms with van der Waals surface area (Å²) in [4.78, 5) is 25.1. The predicted octanol–water partition coefficient (Wildman–Crippen LogP) is 2.26. The van der Waals surface area contributed by atoms with E-state index >= 15 is 0 Å². The number of Topliss-reactive ketones (excluding diaryl/α,β-unsaturated/α-hetero) is 1. The van der Waals surface area contributed by atoms with Gasteiger partial charge in [0.1, 0.15) is 17.4 Å². The first-order valence-corrected chi connectivity index (χ1v) is 8.41. The maximum absolute atomic E-state index is 12.7. The quantitative estimate of drug-likeness (QED) is 0.750. The van der Waals surface area contributed by atoms with Crippen LogP contribution in [0.3, 0.4) is 0 Å². The Bertz CT molecular complexity index is 970. The summed E-state index contributed by atoms with van der Waals surface area (Å²) in [5.41, 5.74) is 1.15. The van der Waals surface area contributed by atoms with Gasteiger partial charge in [0, 0.05) is 7.11 Å². The van der Waals surface area contributed by atoms with Crippen molar-refractivity contribution in [2.75, 3.05) is 20.3 Å². The van der Waals surface area contributed by atoms with E-state index in [1.165, 1.54) is 14.0 Å². The Balaban J connectivity index is 2.41. The molecule has 0 amide bonds. The van der Waals surface area contributed by atoms with Gasteiger partial charge >= 0.3 is 0 Å². The summed E-state index contributed by atoms with van der Waals surface area (Å²) in [7, 11) is 1.45. The normalized spacial score (nSPS) is 10.5. The van der Waals surface area contributed by atoms with Crippen LogP contribution in [0.4, 0.5) is 0 Å². The zero-order valence-electron chi connectivity index (χ0n) is 15.8. The Kier molecular flexibility index (Phi) is 6.37. The number of benzene rings is 1. The molecule has 0 aliphatic carbocycles. The molecule has 0 aliphatic rings. The highest BCUT2D eigenvalue weighted by Gasteiger charge is 2.24. The van der Waals surface area contributed by atoms with E-state index in [9.17, 15) is 20.0 Å². The largest absolute Gasteiger partial charge is 0.494 e. The van der Waals surface area contributed by atoms with Crippen molar-refractivity contribution in [3.63, 3.8) is 0 Å². The van der Waals surface area contributed by atoms with E-state index in [0.29, 0.717) is 5.75 Å². The Morgan fingerprint density at radius 3 is 2.59 bits per heavy atom. The number of hydrogen-bond donors (Lipinski definition) is 1. The highest BCUT2D eigenvalue weighted by atomic mass is 16.5. The van der Waals surface area contributed by atoms with Crippen molar-refractivity contribution in [1.82, 2.24) is 4.57 Å². The lowest BCUT2D eigenvalue weighted by Gasteiger charge is -2.16. The smallest absolute Gasteiger partial charge is 0.271 e. The summed E-state index contributed by atoms with van der Waals surface area (Å²) in [6, 6.07) is 7.33. The minimum Gasteiger partial charge on any atom is -0.494 e. The van der Waals surface area contributed by atoms with Gasteiger partial charge < -0.3 is 14.6 Å². The number of rotatable bonds is 7. The molecule has 0 aliphatic heterocycles. The summed E-state index contributed by atoms with van der Waals surface area (Å²) in [6.45, 7) is 5.13. The second-order valence-corrected chi connectivity index (χ2v) is 6.17. The topological polar surface area (TPSA) is 102 Å². The number of hydrogen-bond acceptors (Lipinski definition) is 6. The van der Waals surface area contributed by atoms with E-state index in [4.69, 9.17) is 9.47 Å². The summed E-state index contributed by atoms with van der Waals surface area (Å²) in [5, 5.41) is 19.8. The molecule has 27 heavy (non-hydrogen) atoms. The molecular formula is C20H22N2O5. The molecule has 1 N–H and O–H groups in total. The number of aromatic nitrogens is 1. The number of aryl methyl sites for hydroxylation is 1. The maximum Gasteiger partial charge on any atom is 0.271 e. The van der Waals surface area contributed by atoms with Crippen molar-refractivity contribution in [1.29, 1.82) is 5.26 Å². The first-order valence-electron chi connectivity index (χ1n) is 8.41. The minimum atomic E-state index is -0.656. The zero-order valence-corrected chi connectivity index (χ0v) is 15.8. The van der Waals surface area contributed by atoms with Crippen LogP contribution >= 0.6 is 0 Å². The molecule has 0 atom stereocenters. The molecule has 1 heterocycles. The van der Waals surface area contributed by atoms with Gasteiger partial charge in [-0.1, -0.05) is 12.1 Å². The van der Waals surface area contributed by atoms with Crippen molar-refractivity contribution >= 4 is 5.78 Å². The van der Waals surface area contributed by atoms with Crippen molar-refractivity contribution in [2.45, 2.75) is 27.3 Å². The minimum absolute atomic E-state index is 0.0221. The number of pyridine rings is 1. The number of nitriles is 1. The van der Waals surface area contributed by atoms with E-state index in [1.54, 1.807) is 6.07 Å². The molecule has 2 rings (SSSR count).